The number of esters is 1. The fourth-order valence-electron chi connectivity index (χ4n) is 5.74. The topological polar surface area (TPSA) is 126 Å². The van der Waals surface area contributed by atoms with Crippen molar-refractivity contribution in [1.82, 2.24) is 15.2 Å². The third-order valence-electron chi connectivity index (χ3n) is 8.20. The zero-order valence-electron chi connectivity index (χ0n) is 28.3. The summed E-state index contributed by atoms with van der Waals surface area (Å²) in [6.45, 7) is 0. The monoisotopic (exact) mass is 759 g/mol. The Morgan fingerprint density at radius 3 is 2.14 bits per heavy atom. The van der Waals surface area contributed by atoms with Crippen LogP contribution in [0.4, 0.5) is 0 Å². The number of hydrogen-bond acceptors (Lipinski definition) is 9. The van der Waals surface area contributed by atoms with E-state index in [-0.39, 0.29) is 82.3 Å². The van der Waals surface area contributed by atoms with Crippen LogP contribution in [-0.2, 0) is 25.5 Å². The fourth-order valence-corrected chi connectivity index (χ4v) is 9.20. The van der Waals surface area contributed by atoms with Crippen molar-refractivity contribution in [2.45, 2.75) is 28.3 Å². The van der Waals surface area contributed by atoms with Crippen molar-refractivity contribution in [2.75, 3.05) is 5.75 Å². The zero-order chi connectivity index (χ0) is 34.6. The van der Waals surface area contributed by atoms with Crippen LogP contribution in [0.2, 0.25) is 0 Å². The van der Waals surface area contributed by atoms with Crippen molar-refractivity contribution in [1.29, 1.82) is 0 Å². The van der Waals surface area contributed by atoms with Gasteiger partial charge in [0.2, 0.25) is 5.91 Å². The summed E-state index contributed by atoms with van der Waals surface area (Å²) in [6.07, 6.45) is -0.593. The van der Waals surface area contributed by atoms with Crippen LogP contribution in [0, 0.1) is 0 Å². The van der Waals surface area contributed by atoms with Gasteiger partial charge in [-0.1, -0.05) is 115 Å². The molecule has 2 atom stereocenters. The first kappa shape index (κ1) is 37.2. The van der Waals surface area contributed by atoms with Crippen LogP contribution < -0.4 is 56.7 Å². The summed E-state index contributed by atoms with van der Waals surface area (Å²) < 4.78 is 6.91. The molecule has 0 unspecified atom stereocenters. The smallest absolute Gasteiger partial charge is 1.00 e. The molecule has 13 heteroatoms. The molecule has 5 aromatic rings. The molecular formula is C38H30KN3O6S3. The van der Waals surface area contributed by atoms with Crippen LogP contribution in [0.1, 0.15) is 34.6 Å². The number of benzene rings is 4. The summed E-state index contributed by atoms with van der Waals surface area (Å²) in [5, 5.41) is 13.5. The van der Waals surface area contributed by atoms with Gasteiger partial charge in [-0.3, -0.25) is 14.5 Å². The molecule has 1 fully saturated rings. The molecule has 1 aromatic heterocycles. The standard InChI is InChI=1S/C38H29N3O6S3.K.H/c42-30(20-23-10-4-1-5-11-23)40-31-34(43)41-32(37(46)47-33(25-12-6-2-7-13-25)26-14-8-3-9-15-26)29(22-48-35(31)41)50-38-39-28(21-49-38)24-16-18-27(19-17-24)36(44)45;;/h1-19,21,31,33,35H,20,22H2,(H,40,42)(H,44,45);;/q;+1;-1/t31-,35-;;/m1../s1. The minimum absolute atomic E-state index is 0. The number of hydrogen-bond donors (Lipinski definition) is 2. The molecule has 4 aromatic carbocycles. The molecule has 1 saturated heterocycles. The number of ether oxygens (including phenoxy) is 1. The van der Waals surface area contributed by atoms with Crippen LogP contribution in [0.15, 0.2) is 136 Å². The number of thioether (sulfide) groups is 2. The van der Waals surface area contributed by atoms with Crippen LogP contribution >= 0.6 is 34.9 Å². The molecule has 0 spiro atoms. The molecule has 252 valence electrons. The number of aromatic nitrogens is 1. The Morgan fingerprint density at radius 2 is 1.53 bits per heavy atom. The predicted molar refractivity (Wildman–Crippen MR) is 194 cm³/mol. The van der Waals surface area contributed by atoms with Gasteiger partial charge in [0.1, 0.15) is 17.1 Å². The van der Waals surface area contributed by atoms with Crippen molar-refractivity contribution in [2.24, 2.45) is 0 Å². The van der Waals surface area contributed by atoms with Crippen molar-refractivity contribution in [3.63, 3.8) is 0 Å². The molecule has 2 N–H and O–H groups in total. The number of carbonyl (C=O) groups is 4. The molecule has 2 aliphatic heterocycles. The van der Waals surface area contributed by atoms with E-state index in [9.17, 15) is 24.3 Å². The first-order valence-corrected chi connectivity index (χ1v) is 18.4. The minimum atomic E-state index is -1.01. The number of aromatic carboxylic acids is 1. The maximum atomic E-state index is 14.3. The van der Waals surface area contributed by atoms with E-state index in [4.69, 9.17) is 9.72 Å². The van der Waals surface area contributed by atoms with Gasteiger partial charge in [0, 0.05) is 21.6 Å². The normalized spacial score (nSPS) is 16.5. The maximum Gasteiger partial charge on any atom is 1.00 e. The number of carbonyl (C=O) groups excluding carboxylic acids is 3. The Balaban J connectivity index is 0.00000261. The summed E-state index contributed by atoms with van der Waals surface area (Å²) in [5.74, 6) is -1.94. The first-order chi connectivity index (χ1) is 24.4. The van der Waals surface area contributed by atoms with Crippen LogP contribution in [0.25, 0.3) is 11.3 Å². The molecule has 0 bridgehead atoms. The third-order valence-corrected chi connectivity index (χ3v) is 11.7. The number of carboxylic acid groups (broad SMARTS) is 1. The van der Waals surface area contributed by atoms with Gasteiger partial charge in [-0.2, -0.15) is 0 Å². The van der Waals surface area contributed by atoms with E-state index in [1.807, 2.05) is 96.4 Å². The molecule has 3 heterocycles. The number of thiazole rings is 1. The Hall–Kier alpha value is -3.53. The van der Waals surface area contributed by atoms with Crippen LogP contribution in [0.5, 0.6) is 0 Å². The van der Waals surface area contributed by atoms with Gasteiger partial charge >= 0.3 is 63.3 Å². The SMILES string of the molecule is O=C(Cc1ccccc1)N[C@@H]1C(=O)N2C(C(=O)OC(c3ccccc3)c3ccccc3)=C(Sc3nc(-c4ccc(C(=O)O)cc4)cs3)CS[C@H]12.[H-].[K+]. The zero-order valence-corrected chi connectivity index (χ0v) is 32.9. The van der Waals surface area contributed by atoms with Gasteiger partial charge in [-0.15, -0.1) is 23.1 Å². The number of β-lactam (4-membered cyclic amide) rings is 1. The largest absolute Gasteiger partial charge is 1.00 e. The average molecular weight is 760 g/mol. The first-order valence-electron chi connectivity index (χ1n) is 15.6. The molecule has 0 aliphatic carbocycles. The average Bonchev–Trinajstić information content (AvgIpc) is 3.62. The number of carboxylic acids is 1. The number of rotatable bonds is 11. The fraction of sp³-hybridized carbons (Fsp3) is 0.132. The van der Waals surface area contributed by atoms with Crippen molar-refractivity contribution in [3.05, 3.63) is 153 Å². The second-order valence-corrected chi connectivity index (χ2v) is 14.8. The molecule has 2 aliphatic rings. The molecule has 0 saturated carbocycles. The van der Waals surface area contributed by atoms with Crippen LogP contribution in [0.3, 0.4) is 0 Å². The number of fused-ring (bicyclic) bond motifs is 1. The van der Waals surface area contributed by atoms with Gasteiger partial charge < -0.3 is 16.6 Å². The molecular weight excluding hydrogens is 730 g/mol. The van der Waals surface area contributed by atoms with Gasteiger partial charge in [0.15, 0.2) is 10.4 Å². The Bertz CT molecular complexity index is 2050. The van der Waals surface area contributed by atoms with Crippen molar-refractivity contribution in [3.8, 4) is 11.3 Å². The van der Waals surface area contributed by atoms with E-state index in [2.05, 4.69) is 5.32 Å². The maximum absolute atomic E-state index is 14.3. The summed E-state index contributed by atoms with van der Waals surface area (Å²) >= 11 is 4.14. The second-order valence-electron chi connectivity index (χ2n) is 11.5. The van der Waals surface area contributed by atoms with Crippen LogP contribution in [-0.4, -0.2) is 55.9 Å². The quantitative estimate of drug-likeness (QED) is 0.117. The Labute approximate surface area is 350 Å². The molecule has 2 amide bonds. The Morgan fingerprint density at radius 1 is 0.922 bits per heavy atom. The Kier molecular flexibility index (Phi) is 12.3. The number of amides is 2. The molecule has 51 heavy (non-hydrogen) atoms. The summed E-state index contributed by atoms with van der Waals surface area (Å²) in [6, 6.07) is 33.8. The predicted octanol–water partition coefficient (Wildman–Crippen LogP) is 3.90. The molecule has 9 nitrogen and oxygen atoms in total. The van der Waals surface area contributed by atoms with E-state index in [1.54, 1.807) is 12.1 Å². The number of nitrogens with one attached hydrogen (secondary N) is 1. The molecule has 7 rings (SSSR count). The van der Waals surface area contributed by atoms with E-state index in [0.717, 1.165) is 22.3 Å². The van der Waals surface area contributed by atoms with E-state index >= 15 is 0 Å². The van der Waals surface area contributed by atoms with E-state index in [1.165, 1.54) is 51.9 Å². The van der Waals surface area contributed by atoms with Gasteiger partial charge in [0.05, 0.1) is 17.7 Å². The second kappa shape index (κ2) is 16.9. The van der Waals surface area contributed by atoms with E-state index in [0.29, 0.717) is 20.7 Å². The van der Waals surface area contributed by atoms with Crippen molar-refractivity contribution >= 4 is 58.6 Å². The summed E-state index contributed by atoms with van der Waals surface area (Å²) in [7, 11) is 0. The van der Waals surface area contributed by atoms with Gasteiger partial charge in [-0.25, -0.2) is 14.6 Å². The summed E-state index contributed by atoms with van der Waals surface area (Å²) in [4.78, 5) is 59.2. The molecule has 0 radical (unpaired) electrons. The summed E-state index contributed by atoms with van der Waals surface area (Å²) in [5.41, 5.74) is 4.13. The number of nitrogens with zero attached hydrogens (tertiary/aromatic N) is 2. The van der Waals surface area contributed by atoms with Gasteiger partial charge in [-0.05, 0) is 28.8 Å². The van der Waals surface area contributed by atoms with Gasteiger partial charge in [0.25, 0.3) is 5.91 Å². The minimum Gasteiger partial charge on any atom is -1.00 e. The van der Waals surface area contributed by atoms with Crippen molar-refractivity contribution < 1.29 is 81.8 Å². The van der Waals surface area contributed by atoms with E-state index < -0.39 is 29.5 Å². The third kappa shape index (κ3) is 8.42.